The lowest BCUT2D eigenvalue weighted by Gasteiger charge is -2.12. The Morgan fingerprint density at radius 3 is 2.21 bits per heavy atom. The molecule has 0 saturated carbocycles. The van der Waals surface area contributed by atoms with E-state index in [1.807, 2.05) is 66.7 Å². The fraction of sp³-hybridized carbons (Fsp3) is 0.160. The lowest BCUT2D eigenvalue weighted by atomic mass is 10.1. The summed E-state index contributed by atoms with van der Waals surface area (Å²) in [4.78, 5) is 20.8. The van der Waals surface area contributed by atoms with Gasteiger partial charge in [0.2, 0.25) is 0 Å². The highest BCUT2D eigenvalue weighted by molar-refractivity contribution is 5.99. The van der Waals surface area contributed by atoms with E-state index in [1.165, 1.54) is 6.33 Å². The van der Waals surface area contributed by atoms with E-state index in [1.54, 1.807) is 14.2 Å². The van der Waals surface area contributed by atoms with Gasteiger partial charge in [-0.15, -0.1) is 0 Å². The summed E-state index contributed by atoms with van der Waals surface area (Å²) in [6, 6.07) is 20.5. The molecule has 2 amide bonds. The SMILES string of the molecule is COc1cc2ncnc(NCCc3ccc(NC(=O)Nc4ccccc4)cc3)c2cc1OC. The molecule has 3 N–H and O–H groups in total. The lowest BCUT2D eigenvalue weighted by Crippen LogP contribution is -2.19. The Hall–Kier alpha value is -4.33. The van der Waals surface area contributed by atoms with Gasteiger partial charge >= 0.3 is 6.03 Å². The van der Waals surface area contributed by atoms with E-state index in [4.69, 9.17) is 9.47 Å². The van der Waals surface area contributed by atoms with Crippen LogP contribution in [0.4, 0.5) is 22.0 Å². The molecule has 8 heteroatoms. The molecule has 0 aliphatic heterocycles. The minimum Gasteiger partial charge on any atom is -0.493 e. The van der Waals surface area contributed by atoms with Crippen LogP contribution < -0.4 is 25.4 Å². The number of rotatable bonds is 8. The number of nitrogens with one attached hydrogen (secondary N) is 3. The van der Waals surface area contributed by atoms with Gasteiger partial charge in [0.05, 0.1) is 19.7 Å². The smallest absolute Gasteiger partial charge is 0.323 e. The number of amides is 2. The van der Waals surface area contributed by atoms with Crippen LogP contribution in [0.3, 0.4) is 0 Å². The maximum atomic E-state index is 12.1. The number of benzene rings is 3. The third-order valence-corrected chi connectivity index (χ3v) is 5.09. The molecular formula is C25H25N5O3. The molecule has 0 atom stereocenters. The zero-order valence-corrected chi connectivity index (χ0v) is 18.5. The van der Waals surface area contributed by atoms with Crippen LogP contribution >= 0.6 is 0 Å². The third-order valence-electron chi connectivity index (χ3n) is 5.09. The minimum atomic E-state index is -0.279. The molecule has 3 aromatic carbocycles. The van der Waals surface area contributed by atoms with Gasteiger partial charge in [0, 0.05) is 29.4 Å². The zero-order chi connectivity index (χ0) is 23.0. The number of carbonyl (C=O) groups excluding carboxylic acids is 1. The molecule has 0 unspecified atom stereocenters. The molecule has 1 aromatic heterocycles. The second-order valence-corrected chi connectivity index (χ2v) is 7.27. The first-order valence-electron chi connectivity index (χ1n) is 10.5. The summed E-state index contributed by atoms with van der Waals surface area (Å²) in [7, 11) is 3.20. The van der Waals surface area contributed by atoms with E-state index >= 15 is 0 Å². The Morgan fingerprint density at radius 2 is 1.52 bits per heavy atom. The Balaban J connectivity index is 1.34. The molecule has 4 rings (SSSR count). The van der Waals surface area contributed by atoms with Crippen molar-refractivity contribution in [3.05, 3.63) is 78.6 Å². The number of hydrogen-bond donors (Lipinski definition) is 3. The fourth-order valence-corrected chi connectivity index (χ4v) is 3.42. The predicted molar refractivity (Wildman–Crippen MR) is 130 cm³/mol. The average molecular weight is 444 g/mol. The second kappa shape index (κ2) is 10.3. The van der Waals surface area contributed by atoms with E-state index in [0.29, 0.717) is 18.0 Å². The number of ether oxygens (including phenoxy) is 2. The summed E-state index contributed by atoms with van der Waals surface area (Å²) in [5.74, 6) is 1.99. The average Bonchev–Trinajstić information content (AvgIpc) is 2.85. The van der Waals surface area contributed by atoms with E-state index in [2.05, 4.69) is 25.9 Å². The van der Waals surface area contributed by atoms with Crippen LogP contribution in [0.25, 0.3) is 10.9 Å². The summed E-state index contributed by atoms with van der Waals surface area (Å²) >= 11 is 0. The molecule has 0 radical (unpaired) electrons. The summed E-state index contributed by atoms with van der Waals surface area (Å²) in [6.07, 6.45) is 2.31. The maximum absolute atomic E-state index is 12.1. The van der Waals surface area contributed by atoms with Crippen LogP contribution in [-0.4, -0.2) is 36.8 Å². The van der Waals surface area contributed by atoms with Crippen LogP contribution in [0, 0.1) is 0 Å². The largest absolute Gasteiger partial charge is 0.493 e. The van der Waals surface area contributed by atoms with Gasteiger partial charge in [0.25, 0.3) is 0 Å². The summed E-state index contributed by atoms with van der Waals surface area (Å²) in [5, 5.41) is 9.87. The van der Waals surface area contributed by atoms with Gasteiger partial charge in [-0.2, -0.15) is 0 Å². The normalized spacial score (nSPS) is 10.5. The molecule has 0 saturated heterocycles. The van der Waals surface area contributed by atoms with Crippen molar-refractivity contribution in [2.75, 3.05) is 36.7 Å². The minimum absolute atomic E-state index is 0.279. The van der Waals surface area contributed by atoms with Crippen molar-refractivity contribution in [3.8, 4) is 11.5 Å². The van der Waals surface area contributed by atoms with Gasteiger partial charge in [0.15, 0.2) is 11.5 Å². The number of aromatic nitrogens is 2. The number of para-hydroxylation sites is 1. The highest BCUT2D eigenvalue weighted by Crippen LogP contribution is 2.33. The number of anilines is 3. The summed E-state index contributed by atoms with van der Waals surface area (Å²) < 4.78 is 10.8. The van der Waals surface area contributed by atoms with Crippen molar-refractivity contribution >= 4 is 34.1 Å². The van der Waals surface area contributed by atoms with Crippen LogP contribution in [0.2, 0.25) is 0 Å². The highest BCUT2D eigenvalue weighted by Gasteiger charge is 2.10. The molecule has 0 fully saturated rings. The standard InChI is InChI=1S/C25H25N5O3/c1-32-22-14-20-21(15-23(22)33-2)27-16-28-24(20)26-13-12-17-8-10-19(11-9-17)30-25(31)29-18-6-4-3-5-7-18/h3-11,14-16H,12-13H2,1-2H3,(H,26,27,28)(H2,29,30,31). The Bertz CT molecular complexity index is 1230. The van der Waals surface area contributed by atoms with Gasteiger partial charge < -0.3 is 25.4 Å². The van der Waals surface area contributed by atoms with Gasteiger partial charge in [-0.3, -0.25) is 0 Å². The topological polar surface area (TPSA) is 97.4 Å². The molecule has 4 aromatic rings. The van der Waals surface area contributed by atoms with E-state index in [0.717, 1.165) is 40.1 Å². The number of urea groups is 1. The van der Waals surface area contributed by atoms with Gasteiger partial charge in [0.1, 0.15) is 12.1 Å². The highest BCUT2D eigenvalue weighted by atomic mass is 16.5. The van der Waals surface area contributed by atoms with Crippen LogP contribution in [0.5, 0.6) is 11.5 Å². The second-order valence-electron chi connectivity index (χ2n) is 7.27. The van der Waals surface area contributed by atoms with Crippen LogP contribution in [0.1, 0.15) is 5.56 Å². The van der Waals surface area contributed by atoms with Crippen LogP contribution in [-0.2, 0) is 6.42 Å². The molecular weight excluding hydrogens is 418 g/mol. The maximum Gasteiger partial charge on any atom is 0.323 e. The van der Waals surface area contributed by atoms with Crippen LogP contribution in [0.15, 0.2) is 73.1 Å². The first-order valence-corrected chi connectivity index (χ1v) is 10.5. The number of carbonyl (C=O) groups is 1. The van der Waals surface area contributed by atoms with Gasteiger partial charge in [-0.1, -0.05) is 30.3 Å². The van der Waals surface area contributed by atoms with Gasteiger partial charge in [-0.05, 0) is 42.3 Å². The number of hydrogen-bond acceptors (Lipinski definition) is 6. The van der Waals surface area contributed by atoms with Crippen molar-refractivity contribution in [1.82, 2.24) is 9.97 Å². The first kappa shape index (κ1) is 21.9. The predicted octanol–water partition coefficient (Wildman–Crippen LogP) is 4.95. The Labute approximate surface area is 192 Å². The molecule has 168 valence electrons. The van der Waals surface area contributed by atoms with Crippen molar-refractivity contribution in [1.29, 1.82) is 0 Å². The molecule has 0 spiro atoms. The van der Waals surface area contributed by atoms with Crippen molar-refractivity contribution in [2.45, 2.75) is 6.42 Å². The number of nitrogens with zero attached hydrogens (tertiary/aromatic N) is 2. The summed E-state index contributed by atoms with van der Waals surface area (Å²) in [5.41, 5.74) is 3.37. The Morgan fingerprint density at radius 1 is 0.848 bits per heavy atom. The molecule has 0 aliphatic carbocycles. The fourth-order valence-electron chi connectivity index (χ4n) is 3.42. The molecule has 1 heterocycles. The van der Waals surface area contributed by atoms with E-state index < -0.39 is 0 Å². The number of fused-ring (bicyclic) bond motifs is 1. The van der Waals surface area contributed by atoms with Crippen molar-refractivity contribution < 1.29 is 14.3 Å². The van der Waals surface area contributed by atoms with E-state index in [9.17, 15) is 4.79 Å². The quantitative estimate of drug-likeness (QED) is 0.357. The molecule has 33 heavy (non-hydrogen) atoms. The zero-order valence-electron chi connectivity index (χ0n) is 18.5. The lowest BCUT2D eigenvalue weighted by molar-refractivity contribution is 0.262. The molecule has 0 aliphatic rings. The molecule has 8 nitrogen and oxygen atoms in total. The van der Waals surface area contributed by atoms with E-state index in [-0.39, 0.29) is 6.03 Å². The van der Waals surface area contributed by atoms with Crippen molar-refractivity contribution in [3.63, 3.8) is 0 Å². The summed E-state index contributed by atoms with van der Waals surface area (Å²) in [6.45, 7) is 0.682. The monoisotopic (exact) mass is 443 g/mol. The van der Waals surface area contributed by atoms with Crippen molar-refractivity contribution in [2.24, 2.45) is 0 Å². The van der Waals surface area contributed by atoms with Gasteiger partial charge in [-0.25, -0.2) is 14.8 Å². The first-order chi connectivity index (χ1) is 16.2. The Kier molecular flexibility index (Phi) is 6.84. The molecule has 0 bridgehead atoms. The number of methoxy groups -OCH3 is 2. The third kappa shape index (κ3) is 5.48.